The molecule has 120 valence electrons. The monoisotopic (exact) mass is 320 g/mol. The van der Waals surface area contributed by atoms with Crippen LogP contribution in [-0.4, -0.2) is 19.5 Å². The average molecular weight is 320 g/mol. The van der Waals surface area contributed by atoms with E-state index in [1.54, 1.807) is 12.5 Å². The first-order valence-electron chi connectivity index (χ1n) is 7.59. The van der Waals surface area contributed by atoms with E-state index in [-0.39, 0.29) is 0 Å². The van der Waals surface area contributed by atoms with E-state index in [1.165, 1.54) is 0 Å². The predicted octanol–water partition coefficient (Wildman–Crippen LogP) is 3.40. The van der Waals surface area contributed by atoms with Crippen molar-refractivity contribution in [2.75, 3.05) is 5.32 Å². The van der Waals surface area contributed by atoms with Crippen molar-refractivity contribution in [2.24, 2.45) is 0 Å². The number of fused-ring (bicyclic) bond motifs is 1. The third-order valence-corrected chi connectivity index (χ3v) is 3.84. The Kier molecular flexibility index (Phi) is 3.51. The highest BCUT2D eigenvalue weighted by atomic mass is 16.3. The molecular formula is C18H16N4O2. The molecule has 0 fully saturated rings. The normalized spacial score (nSPS) is 12.4. The molecule has 0 aliphatic rings. The fourth-order valence-electron chi connectivity index (χ4n) is 2.61. The van der Waals surface area contributed by atoms with Crippen LogP contribution in [0, 0.1) is 6.92 Å². The molecule has 4 rings (SSSR count). The number of hydrogen-bond acceptors (Lipinski definition) is 5. The summed E-state index contributed by atoms with van der Waals surface area (Å²) in [5.74, 6) is 0.570. The molecule has 6 nitrogen and oxygen atoms in total. The molecule has 3 aromatic heterocycles. The Bertz CT molecular complexity index is 959. The van der Waals surface area contributed by atoms with Gasteiger partial charge in [0.2, 0.25) is 5.89 Å². The number of aliphatic hydroxyl groups excluding tert-OH is 1. The van der Waals surface area contributed by atoms with E-state index in [0.717, 1.165) is 28.2 Å². The second-order valence-electron chi connectivity index (χ2n) is 5.53. The van der Waals surface area contributed by atoms with Crippen molar-refractivity contribution in [3.8, 4) is 11.5 Å². The Morgan fingerprint density at radius 2 is 1.92 bits per heavy atom. The number of benzene rings is 1. The second-order valence-corrected chi connectivity index (χ2v) is 5.53. The van der Waals surface area contributed by atoms with Gasteiger partial charge in [0.05, 0.1) is 6.20 Å². The van der Waals surface area contributed by atoms with Gasteiger partial charge in [0.25, 0.3) is 0 Å². The lowest BCUT2D eigenvalue weighted by molar-refractivity contribution is 0.209. The lowest BCUT2D eigenvalue weighted by Gasteiger charge is -2.14. The third kappa shape index (κ3) is 2.63. The minimum Gasteiger partial charge on any atom is -0.445 e. The summed E-state index contributed by atoms with van der Waals surface area (Å²) in [6, 6.07) is 11.3. The maximum atomic E-state index is 10.5. The molecule has 2 N–H and O–H groups in total. The number of rotatable bonds is 4. The maximum Gasteiger partial charge on any atom is 0.225 e. The largest absolute Gasteiger partial charge is 0.445 e. The van der Waals surface area contributed by atoms with E-state index in [2.05, 4.69) is 15.3 Å². The standard InChI is InChI=1S/C18H16N4O2/c1-12-6-9-22-10-7-15(16(22)20-12)17(23)21-14-4-2-13(3-5-14)18-19-8-11-24-18/h2-11,17,21,23H,1H3. The minimum absolute atomic E-state index is 0.570. The van der Waals surface area contributed by atoms with Crippen molar-refractivity contribution < 1.29 is 9.52 Å². The van der Waals surface area contributed by atoms with E-state index < -0.39 is 6.23 Å². The summed E-state index contributed by atoms with van der Waals surface area (Å²) in [6.45, 7) is 1.93. The van der Waals surface area contributed by atoms with Gasteiger partial charge in [-0.3, -0.25) is 0 Å². The number of nitrogens with one attached hydrogen (secondary N) is 1. The molecule has 1 aromatic carbocycles. The van der Waals surface area contributed by atoms with E-state index in [1.807, 2.05) is 60.1 Å². The summed E-state index contributed by atoms with van der Waals surface area (Å²) in [5, 5.41) is 13.6. The van der Waals surface area contributed by atoms with Crippen LogP contribution in [0.2, 0.25) is 0 Å². The minimum atomic E-state index is -0.850. The van der Waals surface area contributed by atoms with Crippen molar-refractivity contribution >= 4 is 11.3 Å². The van der Waals surface area contributed by atoms with E-state index in [9.17, 15) is 5.11 Å². The fraction of sp³-hybridized carbons (Fsp3) is 0.111. The van der Waals surface area contributed by atoms with Crippen LogP contribution in [-0.2, 0) is 0 Å². The topological polar surface area (TPSA) is 75.6 Å². The van der Waals surface area contributed by atoms with Crippen LogP contribution in [0.15, 0.2) is 65.7 Å². The summed E-state index contributed by atoms with van der Waals surface area (Å²) >= 11 is 0. The second kappa shape index (κ2) is 5.82. The SMILES string of the molecule is Cc1ccn2ccc(C(O)Nc3ccc(-c4ncco4)cc3)c2n1. The van der Waals surface area contributed by atoms with Gasteiger partial charge in [-0.1, -0.05) is 0 Å². The zero-order valence-corrected chi connectivity index (χ0v) is 13.0. The smallest absolute Gasteiger partial charge is 0.225 e. The molecule has 1 unspecified atom stereocenters. The molecule has 0 radical (unpaired) electrons. The van der Waals surface area contributed by atoms with Crippen LogP contribution in [0.1, 0.15) is 17.5 Å². The Morgan fingerprint density at radius 1 is 1.12 bits per heavy atom. The number of aryl methyl sites for hydroxylation is 1. The molecule has 3 heterocycles. The molecule has 1 atom stereocenters. The lowest BCUT2D eigenvalue weighted by Crippen LogP contribution is -2.10. The summed E-state index contributed by atoms with van der Waals surface area (Å²) in [4.78, 5) is 8.60. The molecule has 0 spiro atoms. The van der Waals surface area contributed by atoms with Gasteiger partial charge in [0.15, 0.2) is 6.23 Å². The number of oxazole rings is 1. The zero-order valence-electron chi connectivity index (χ0n) is 13.0. The molecule has 0 bridgehead atoms. The van der Waals surface area contributed by atoms with E-state index in [0.29, 0.717) is 5.89 Å². The Balaban J connectivity index is 1.57. The predicted molar refractivity (Wildman–Crippen MR) is 90.5 cm³/mol. The number of aromatic nitrogens is 3. The Morgan fingerprint density at radius 3 is 2.67 bits per heavy atom. The molecule has 24 heavy (non-hydrogen) atoms. The maximum absolute atomic E-state index is 10.5. The molecule has 4 aromatic rings. The highest BCUT2D eigenvalue weighted by Crippen LogP contribution is 2.24. The summed E-state index contributed by atoms with van der Waals surface area (Å²) in [5.41, 5.74) is 4.06. The van der Waals surface area contributed by atoms with Crippen molar-refractivity contribution in [1.29, 1.82) is 0 Å². The van der Waals surface area contributed by atoms with Gasteiger partial charge in [-0.05, 0) is 43.3 Å². The molecule has 6 heteroatoms. The first-order chi connectivity index (χ1) is 11.7. The molecule has 0 aliphatic heterocycles. The van der Waals surface area contributed by atoms with E-state index in [4.69, 9.17) is 4.42 Å². The van der Waals surface area contributed by atoms with Crippen LogP contribution in [0.5, 0.6) is 0 Å². The van der Waals surface area contributed by atoms with Gasteiger partial charge < -0.3 is 19.2 Å². The molecule has 0 amide bonds. The molecule has 0 aliphatic carbocycles. The first kappa shape index (κ1) is 14.5. The quantitative estimate of drug-likeness (QED) is 0.564. The highest BCUT2D eigenvalue weighted by Gasteiger charge is 2.14. The van der Waals surface area contributed by atoms with Crippen molar-refractivity contribution in [1.82, 2.24) is 14.4 Å². The Hall–Kier alpha value is -3.12. The summed E-state index contributed by atoms with van der Waals surface area (Å²) in [6.07, 6.45) is 6.11. The van der Waals surface area contributed by atoms with Crippen molar-refractivity contribution in [3.05, 3.63) is 72.5 Å². The Labute approximate surface area is 138 Å². The zero-order chi connectivity index (χ0) is 16.5. The van der Waals surface area contributed by atoms with Crippen molar-refractivity contribution in [2.45, 2.75) is 13.2 Å². The average Bonchev–Trinajstić information content (AvgIpc) is 3.24. The highest BCUT2D eigenvalue weighted by molar-refractivity contribution is 5.60. The number of anilines is 1. The van der Waals surface area contributed by atoms with Crippen LogP contribution in [0.3, 0.4) is 0 Å². The number of aliphatic hydroxyl groups is 1. The number of hydrogen-bond donors (Lipinski definition) is 2. The summed E-state index contributed by atoms with van der Waals surface area (Å²) in [7, 11) is 0. The van der Waals surface area contributed by atoms with Crippen molar-refractivity contribution in [3.63, 3.8) is 0 Å². The molecular weight excluding hydrogens is 304 g/mol. The van der Waals surface area contributed by atoms with E-state index >= 15 is 0 Å². The van der Waals surface area contributed by atoms with Gasteiger partial charge in [-0.25, -0.2) is 9.97 Å². The van der Waals surface area contributed by atoms with Gasteiger partial charge in [0, 0.05) is 34.9 Å². The van der Waals surface area contributed by atoms with Gasteiger partial charge in [-0.2, -0.15) is 0 Å². The lowest BCUT2D eigenvalue weighted by atomic mass is 10.2. The van der Waals surface area contributed by atoms with Crippen LogP contribution in [0.4, 0.5) is 5.69 Å². The van der Waals surface area contributed by atoms with Gasteiger partial charge >= 0.3 is 0 Å². The molecule has 0 saturated heterocycles. The molecule has 0 saturated carbocycles. The van der Waals surface area contributed by atoms with Gasteiger partial charge in [0.1, 0.15) is 11.9 Å². The van der Waals surface area contributed by atoms with Crippen LogP contribution >= 0.6 is 0 Å². The third-order valence-electron chi connectivity index (χ3n) is 3.84. The fourth-order valence-corrected chi connectivity index (χ4v) is 2.61. The van der Waals surface area contributed by atoms with Gasteiger partial charge in [-0.15, -0.1) is 0 Å². The van der Waals surface area contributed by atoms with Crippen LogP contribution < -0.4 is 5.32 Å². The van der Waals surface area contributed by atoms with Crippen LogP contribution in [0.25, 0.3) is 17.1 Å². The summed E-state index contributed by atoms with van der Waals surface area (Å²) < 4.78 is 7.15. The first-order valence-corrected chi connectivity index (χ1v) is 7.59. The number of nitrogens with zero attached hydrogens (tertiary/aromatic N) is 3.